The smallest absolute Gasteiger partial charge is 0.329 e. The van der Waals surface area contributed by atoms with Gasteiger partial charge >= 0.3 is 5.97 Å². The molecule has 0 bridgehead atoms. The first-order valence-electron chi connectivity index (χ1n) is 6.71. The lowest BCUT2D eigenvalue weighted by Crippen LogP contribution is -2.46. The molecule has 6 heteroatoms. The number of carbonyl (C=O) groups is 2. The molecule has 1 aromatic rings. The van der Waals surface area contributed by atoms with Crippen molar-refractivity contribution in [3.63, 3.8) is 0 Å². The maximum atomic E-state index is 14.2. The third-order valence-corrected chi connectivity index (χ3v) is 3.86. The summed E-state index contributed by atoms with van der Waals surface area (Å²) in [4.78, 5) is 23.7. The van der Waals surface area contributed by atoms with Gasteiger partial charge in [-0.15, -0.1) is 0 Å². The van der Waals surface area contributed by atoms with E-state index in [0.29, 0.717) is 0 Å². The highest BCUT2D eigenvalue weighted by molar-refractivity contribution is 5.91. The summed E-state index contributed by atoms with van der Waals surface area (Å²) in [7, 11) is 0. The Morgan fingerprint density at radius 3 is 2.71 bits per heavy atom. The van der Waals surface area contributed by atoms with Gasteiger partial charge in [-0.25, -0.2) is 13.6 Å². The van der Waals surface area contributed by atoms with E-state index in [4.69, 9.17) is 4.74 Å². The van der Waals surface area contributed by atoms with E-state index < -0.39 is 35.0 Å². The molecular formula is C15H17F2NO3. The molecule has 0 radical (unpaired) electrons. The number of hydrogen-bond acceptors (Lipinski definition) is 3. The second kappa shape index (κ2) is 5.42. The summed E-state index contributed by atoms with van der Waals surface area (Å²) in [5.41, 5.74) is -1.01. The standard InChI is InChI=1S/C15H17F2NO3/c1-4-21-14(20)13-15(3,7-12(19)18-13)9-6-10(16)8(2)5-11(9)17/h5-6,13H,4,7H2,1-3H3,(H,18,19). The van der Waals surface area contributed by atoms with E-state index in [9.17, 15) is 18.4 Å². The number of halogens is 2. The molecule has 114 valence electrons. The van der Waals surface area contributed by atoms with Crippen LogP contribution in [-0.4, -0.2) is 24.5 Å². The molecule has 1 aromatic carbocycles. The van der Waals surface area contributed by atoms with Gasteiger partial charge in [-0.2, -0.15) is 0 Å². The fourth-order valence-electron chi connectivity index (χ4n) is 2.69. The van der Waals surface area contributed by atoms with Crippen LogP contribution in [0.1, 0.15) is 31.4 Å². The van der Waals surface area contributed by atoms with Crippen LogP contribution in [0.5, 0.6) is 0 Å². The Morgan fingerprint density at radius 2 is 2.10 bits per heavy atom. The first-order chi connectivity index (χ1) is 9.79. The van der Waals surface area contributed by atoms with Crippen LogP contribution in [0.15, 0.2) is 12.1 Å². The number of nitrogens with one attached hydrogen (secondary N) is 1. The Kier molecular flexibility index (Phi) is 3.98. The van der Waals surface area contributed by atoms with Crippen molar-refractivity contribution < 1.29 is 23.1 Å². The number of esters is 1. The van der Waals surface area contributed by atoms with Gasteiger partial charge in [-0.05, 0) is 37.1 Å². The van der Waals surface area contributed by atoms with Gasteiger partial charge in [-0.1, -0.05) is 6.92 Å². The van der Waals surface area contributed by atoms with E-state index in [1.807, 2.05) is 0 Å². The lowest BCUT2D eigenvalue weighted by molar-refractivity contribution is -0.147. The monoisotopic (exact) mass is 297 g/mol. The van der Waals surface area contributed by atoms with Crippen LogP contribution in [0.2, 0.25) is 0 Å². The first kappa shape index (κ1) is 15.4. The predicted octanol–water partition coefficient (Wildman–Crippen LogP) is 1.98. The Labute approximate surface area is 121 Å². The van der Waals surface area contributed by atoms with Gasteiger partial charge in [0.05, 0.1) is 6.61 Å². The fourth-order valence-corrected chi connectivity index (χ4v) is 2.69. The minimum absolute atomic E-state index is 0.00185. The van der Waals surface area contributed by atoms with Crippen LogP contribution in [0.4, 0.5) is 8.78 Å². The third kappa shape index (κ3) is 2.62. The number of carbonyl (C=O) groups excluding carboxylic acids is 2. The summed E-state index contributed by atoms with van der Waals surface area (Å²) in [5, 5.41) is 2.49. The zero-order valence-electron chi connectivity index (χ0n) is 12.1. The molecule has 0 aromatic heterocycles. The number of ether oxygens (including phenoxy) is 1. The van der Waals surface area contributed by atoms with Gasteiger partial charge < -0.3 is 10.1 Å². The highest BCUT2D eigenvalue weighted by Gasteiger charge is 2.50. The molecule has 1 amide bonds. The molecule has 2 atom stereocenters. The van der Waals surface area contributed by atoms with Crippen molar-refractivity contribution in [2.45, 2.75) is 38.6 Å². The average Bonchev–Trinajstić information content (AvgIpc) is 2.70. The normalized spacial score (nSPS) is 24.8. The fraction of sp³-hybridized carbons (Fsp3) is 0.467. The number of amides is 1. The zero-order valence-corrected chi connectivity index (χ0v) is 12.1. The van der Waals surface area contributed by atoms with Crippen molar-refractivity contribution in [3.8, 4) is 0 Å². The second-order valence-electron chi connectivity index (χ2n) is 5.43. The molecule has 21 heavy (non-hydrogen) atoms. The van der Waals surface area contributed by atoms with Crippen molar-refractivity contribution in [2.24, 2.45) is 0 Å². The maximum absolute atomic E-state index is 14.2. The van der Waals surface area contributed by atoms with Crippen LogP contribution in [0.25, 0.3) is 0 Å². The molecule has 0 spiro atoms. The molecule has 2 unspecified atom stereocenters. The van der Waals surface area contributed by atoms with Gasteiger partial charge in [0, 0.05) is 11.8 Å². The van der Waals surface area contributed by atoms with E-state index >= 15 is 0 Å². The van der Waals surface area contributed by atoms with E-state index in [2.05, 4.69) is 5.32 Å². The molecule has 4 nitrogen and oxygen atoms in total. The SMILES string of the molecule is CCOC(=O)C1NC(=O)CC1(C)c1cc(F)c(C)cc1F. The van der Waals surface area contributed by atoms with Gasteiger partial charge in [0.15, 0.2) is 0 Å². The highest BCUT2D eigenvalue weighted by atomic mass is 19.1. The largest absolute Gasteiger partial charge is 0.464 e. The molecule has 2 rings (SSSR count). The Balaban J connectivity index is 2.50. The summed E-state index contributed by atoms with van der Waals surface area (Å²) in [6.45, 7) is 4.79. The van der Waals surface area contributed by atoms with E-state index in [1.165, 1.54) is 6.92 Å². The highest BCUT2D eigenvalue weighted by Crippen LogP contribution is 2.38. The number of benzene rings is 1. The summed E-state index contributed by atoms with van der Waals surface area (Å²) < 4.78 is 32.9. The average molecular weight is 297 g/mol. The molecule has 1 heterocycles. The number of aryl methyl sites for hydroxylation is 1. The van der Waals surface area contributed by atoms with E-state index in [1.54, 1.807) is 13.8 Å². The van der Waals surface area contributed by atoms with Gasteiger partial charge in [0.2, 0.25) is 5.91 Å². The minimum atomic E-state index is -1.18. The number of hydrogen-bond donors (Lipinski definition) is 1. The molecule has 1 fully saturated rings. The Bertz CT molecular complexity index is 603. The molecule has 1 aliphatic rings. The zero-order chi connectivity index (χ0) is 15.8. The topological polar surface area (TPSA) is 55.4 Å². The van der Waals surface area contributed by atoms with Crippen LogP contribution >= 0.6 is 0 Å². The van der Waals surface area contributed by atoms with Crippen LogP contribution < -0.4 is 5.32 Å². The van der Waals surface area contributed by atoms with Crippen molar-refractivity contribution in [2.75, 3.05) is 6.61 Å². The van der Waals surface area contributed by atoms with Crippen LogP contribution in [-0.2, 0) is 19.7 Å². The third-order valence-electron chi connectivity index (χ3n) is 3.86. The maximum Gasteiger partial charge on any atom is 0.329 e. The summed E-state index contributed by atoms with van der Waals surface area (Å²) in [6, 6.07) is 1.10. The molecule has 1 N–H and O–H groups in total. The van der Waals surface area contributed by atoms with Crippen molar-refractivity contribution >= 4 is 11.9 Å². The molecule has 0 saturated carbocycles. The summed E-state index contributed by atoms with van der Waals surface area (Å²) in [6.07, 6.45) is -0.101. The molecular weight excluding hydrogens is 280 g/mol. The van der Waals surface area contributed by atoms with Gasteiger partial charge in [0.1, 0.15) is 17.7 Å². The Morgan fingerprint density at radius 1 is 1.43 bits per heavy atom. The van der Waals surface area contributed by atoms with Crippen molar-refractivity contribution in [3.05, 3.63) is 34.9 Å². The van der Waals surface area contributed by atoms with Crippen molar-refractivity contribution in [1.82, 2.24) is 5.32 Å². The van der Waals surface area contributed by atoms with Gasteiger partial charge in [0.25, 0.3) is 0 Å². The lowest BCUT2D eigenvalue weighted by atomic mass is 9.75. The Hall–Kier alpha value is -1.98. The number of rotatable bonds is 3. The minimum Gasteiger partial charge on any atom is -0.464 e. The molecule has 1 aliphatic heterocycles. The van der Waals surface area contributed by atoms with Gasteiger partial charge in [-0.3, -0.25) is 4.79 Å². The van der Waals surface area contributed by atoms with E-state index in [0.717, 1.165) is 12.1 Å². The first-order valence-corrected chi connectivity index (χ1v) is 6.71. The molecule has 0 aliphatic carbocycles. The second-order valence-corrected chi connectivity index (χ2v) is 5.43. The molecule has 1 saturated heterocycles. The van der Waals surface area contributed by atoms with Crippen molar-refractivity contribution in [1.29, 1.82) is 0 Å². The predicted molar refractivity (Wildman–Crippen MR) is 71.6 cm³/mol. The summed E-state index contributed by atoms with van der Waals surface area (Å²) >= 11 is 0. The summed E-state index contributed by atoms with van der Waals surface area (Å²) in [5.74, 6) is -2.25. The van der Waals surface area contributed by atoms with E-state index in [-0.39, 0.29) is 24.2 Å². The van der Waals surface area contributed by atoms with Crippen LogP contribution in [0.3, 0.4) is 0 Å². The quantitative estimate of drug-likeness (QED) is 0.868. The lowest BCUT2D eigenvalue weighted by Gasteiger charge is -2.29. The van der Waals surface area contributed by atoms with Crippen LogP contribution in [0, 0.1) is 18.6 Å².